The number of ether oxygens (including phenoxy) is 1. The topological polar surface area (TPSA) is 73.1 Å². The van der Waals surface area contributed by atoms with Crippen LogP contribution < -0.4 is 0 Å². The number of rotatable bonds is 4. The number of aromatic nitrogens is 4. The van der Waals surface area contributed by atoms with E-state index in [1.165, 1.54) is 0 Å². The SMILES string of the molecule is Cc1nccnc1CC[C@H]1COCCN1C(=O)c1cnn(C)c1. The molecule has 7 heteroatoms. The molecule has 2 aromatic rings. The zero-order valence-corrected chi connectivity index (χ0v) is 13.5. The molecule has 0 N–H and O–H groups in total. The summed E-state index contributed by atoms with van der Waals surface area (Å²) in [5.74, 6) is 0.0160. The summed E-state index contributed by atoms with van der Waals surface area (Å²) in [7, 11) is 1.81. The Balaban J connectivity index is 1.69. The summed E-state index contributed by atoms with van der Waals surface area (Å²) in [5.41, 5.74) is 2.54. The molecule has 3 heterocycles. The summed E-state index contributed by atoms with van der Waals surface area (Å²) in [6, 6.07) is 0.0536. The molecule has 1 saturated heterocycles. The second-order valence-corrected chi connectivity index (χ2v) is 5.76. The van der Waals surface area contributed by atoms with Crippen molar-refractivity contribution in [2.75, 3.05) is 19.8 Å². The average Bonchev–Trinajstić information content (AvgIpc) is 3.00. The highest BCUT2D eigenvalue weighted by molar-refractivity contribution is 5.94. The first-order valence-corrected chi connectivity index (χ1v) is 7.79. The Morgan fingerprint density at radius 2 is 2.22 bits per heavy atom. The Labute approximate surface area is 135 Å². The lowest BCUT2D eigenvalue weighted by molar-refractivity contribution is -0.00414. The Bertz CT molecular complexity index is 685. The smallest absolute Gasteiger partial charge is 0.257 e. The highest BCUT2D eigenvalue weighted by atomic mass is 16.5. The van der Waals surface area contributed by atoms with Gasteiger partial charge in [0.25, 0.3) is 5.91 Å². The maximum Gasteiger partial charge on any atom is 0.257 e. The number of carbonyl (C=O) groups excluding carboxylic acids is 1. The molecule has 0 aromatic carbocycles. The van der Waals surface area contributed by atoms with E-state index in [0.29, 0.717) is 25.3 Å². The first kappa shape index (κ1) is 15.6. The van der Waals surface area contributed by atoms with Gasteiger partial charge in [0.05, 0.1) is 42.4 Å². The summed E-state index contributed by atoms with van der Waals surface area (Å²) in [6.07, 6.45) is 8.36. The molecule has 0 unspecified atom stereocenters. The summed E-state index contributed by atoms with van der Waals surface area (Å²) >= 11 is 0. The van der Waals surface area contributed by atoms with Crippen LogP contribution in [0.3, 0.4) is 0 Å². The third-order valence-corrected chi connectivity index (χ3v) is 4.14. The number of hydrogen-bond donors (Lipinski definition) is 0. The predicted molar refractivity (Wildman–Crippen MR) is 83.9 cm³/mol. The van der Waals surface area contributed by atoms with Crippen molar-refractivity contribution < 1.29 is 9.53 Å². The first-order chi connectivity index (χ1) is 11.1. The van der Waals surface area contributed by atoms with Crippen LogP contribution in [0, 0.1) is 6.92 Å². The monoisotopic (exact) mass is 315 g/mol. The van der Waals surface area contributed by atoms with Crippen LogP contribution in [-0.4, -0.2) is 56.4 Å². The minimum absolute atomic E-state index is 0.0160. The molecule has 1 atom stereocenters. The second kappa shape index (κ2) is 6.87. The van der Waals surface area contributed by atoms with E-state index in [2.05, 4.69) is 15.1 Å². The van der Waals surface area contributed by atoms with Gasteiger partial charge in [-0.15, -0.1) is 0 Å². The third-order valence-electron chi connectivity index (χ3n) is 4.14. The van der Waals surface area contributed by atoms with Crippen LogP contribution in [0.5, 0.6) is 0 Å². The fourth-order valence-electron chi connectivity index (χ4n) is 2.84. The predicted octanol–water partition coefficient (Wildman–Crippen LogP) is 0.992. The van der Waals surface area contributed by atoms with Crippen molar-refractivity contribution in [2.45, 2.75) is 25.8 Å². The van der Waals surface area contributed by atoms with Gasteiger partial charge in [-0.3, -0.25) is 19.4 Å². The highest BCUT2D eigenvalue weighted by Gasteiger charge is 2.28. The van der Waals surface area contributed by atoms with E-state index in [4.69, 9.17) is 4.74 Å². The number of carbonyl (C=O) groups is 1. The first-order valence-electron chi connectivity index (χ1n) is 7.79. The Morgan fingerprint density at radius 1 is 1.39 bits per heavy atom. The molecule has 3 rings (SSSR count). The number of amides is 1. The van der Waals surface area contributed by atoms with E-state index in [0.717, 1.165) is 24.2 Å². The van der Waals surface area contributed by atoms with Crippen LogP contribution >= 0.6 is 0 Å². The summed E-state index contributed by atoms with van der Waals surface area (Å²) in [5, 5.41) is 4.08. The normalized spacial score (nSPS) is 18.2. The van der Waals surface area contributed by atoms with Gasteiger partial charge in [0.2, 0.25) is 0 Å². The van der Waals surface area contributed by atoms with Crippen LogP contribution in [0.15, 0.2) is 24.8 Å². The van der Waals surface area contributed by atoms with Crippen molar-refractivity contribution in [3.05, 3.63) is 41.7 Å². The zero-order valence-electron chi connectivity index (χ0n) is 13.5. The van der Waals surface area contributed by atoms with Gasteiger partial charge in [0.15, 0.2) is 0 Å². The summed E-state index contributed by atoms with van der Waals surface area (Å²) < 4.78 is 7.22. The lowest BCUT2D eigenvalue weighted by atomic mass is 10.1. The van der Waals surface area contributed by atoms with Crippen molar-refractivity contribution in [1.29, 1.82) is 0 Å². The molecular formula is C16H21N5O2. The van der Waals surface area contributed by atoms with E-state index in [1.54, 1.807) is 29.5 Å². The molecule has 1 amide bonds. The van der Waals surface area contributed by atoms with Crippen LogP contribution in [0.2, 0.25) is 0 Å². The molecule has 2 aromatic heterocycles. The molecule has 0 saturated carbocycles. The van der Waals surface area contributed by atoms with Crippen molar-refractivity contribution in [2.24, 2.45) is 7.05 Å². The Hall–Kier alpha value is -2.28. The van der Waals surface area contributed by atoms with E-state index in [-0.39, 0.29) is 11.9 Å². The third kappa shape index (κ3) is 3.56. The average molecular weight is 315 g/mol. The van der Waals surface area contributed by atoms with Gasteiger partial charge < -0.3 is 9.64 Å². The minimum atomic E-state index is 0.0160. The fraction of sp³-hybridized carbons (Fsp3) is 0.500. The van der Waals surface area contributed by atoms with Crippen molar-refractivity contribution in [1.82, 2.24) is 24.6 Å². The maximum atomic E-state index is 12.7. The van der Waals surface area contributed by atoms with E-state index >= 15 is 0 Å². The number of aryl methyl sites for hydroxylation is 3. The molecule has 0 radical (unpaired) electrons. The number of morpholine rings is 1. The molecule has 23 heavy (non-hydrogen) atoms. The minimum Gasteiger partial charge on any atom is -0.377 e. The number of hydrogen-bond acceptors (Lipinski definition) is 5. The molecule has 0 aliphatic carbocycles. The fourth-order valence-corrected chi connectivity index (χ4v) is 2.84. The van der Waals surface area contributed by atoms with Crippen LogP contribution in [0.25, 0.3) is 0 Å². The number of nitrogens with zero attached hydrogens (tertiary/aromatic N) is 5. The van der Waals surface area contributed by atoms with Gasteiger partial charge in [-0.05, 0) is 19.8 Å². The van der Waals surface area contributed by atoms with E-state index in [9.17, 15) is 4.79 Å². The van der Waals surface area contributed by atoms with Crippen LogP contribution in [0.1, 0.15) is 28.2 Å². The zero-order chi connectivity index (χ0) is 16.2. The molecule has 122 valence electrons. The van der Waals surface area contributed by atoms with Gasteiger partial charge in [0, 0.05) is 32.2 Å². The van der Waals surface area contributed by atoms with E-state index in [1.807, 2.05) is 18.9 Å². The van der Waals surface area contributed by atoms with Crippen molar-refractivity contribution in [3.63, 3.8) is 0 Å². The molecule has 1 fully saturated rings. The maximum absolute atomic E-state index is 12.7. The molecule has 7 nitrogen and oxygen atoms in total. The highest BCUT2D eigenvalue weighted by Crippen LogP contribution is 2.17. The lowest BCUT2D eigenvalue weighted by Crippen LogP contribution is -2.48. The Kier molecular flexibility index (Phi) is 4.66. The van der Waals surface area contributed by atoms with Gasteiger partial charge in [-0.1, -0.05) is 0 Å². The standard InChI is InChI=1S/C16H21N5O2/c1-12-15(18-6-5-17-12)4-3-14-11-23-8-7-21(14)16(22)13-9-19-20(2)10-13/h5-6,9-10,14H,3-4,7-8,11H2,1-2H3/t14-/m0/s1. The molecule has 1 aliphatic rings. The molecule has 1 aliphatic heterocycles. The van der Waals surface area contributed by atoms with Gasteiger partial charge in [0.1, 0.15) is 0 Å². The van der Waals surface area contributed by atoms with Crippen molar-refractivity contribution in [3.8, 4) is 0 Å². The second-order valence-electron chi connectivity index (χ2n) is 5.76. The Morgan fingerprint density at radius 3 is 2.96 bits per heavy atom. The van der Waals surface area contributed by atoms with Gasteiger partial charge in [-0.25, -0.2) is 0 Å². The van der Waals surface area contributed by atoms with E-state index < -0.39 is 0 Å². The summed E-state index contributed by atoms with van der Waals surface area (Å²) in [4.78, 5) is 23.2. The van der Waals surface area contributed by atoms with Crippen LogP contribution in [0.4, 0.5) is 0 Å². The quantitative estimate of drug-likeness (QED) is 0.841. The summed E-state index contributed by atoms with van der Waals surface area (Å²) in [6.45, 7) is 3.70. The lowest BCUT2D eigenvalue weighted by Gasteiger charge is -2.35. The van der Waals surface area contributed by atoms with Crippen molar-refractivity contribution >= 4 is 5.91 Å². The van der Waals surface area contributed by atoms with Crippen LogP contribution in [-0.2, 0) is 18.2 Å². The largest absolute Gasteiger partial charge is 0.377 e. The van der Waals surface area contributed by atoms with Gasteiger partial charge in [-0.2, -0.15) is 5.10 Å². The van der Waals surface area contributed by atoms with Gasteiger partial charge >= 0.3 is 0 Å². The molecular weight excluding hydrogens is 294 g/mol. The molecule has 0 bridgehead atoms. The molecule has 0 spiro atoms.